The SMILES string of the molecule is Cc1cc(C)n(C[C@@H]2CCCCN2C(=O)c2ccnn2C)n1. The van der Waals surface area contributed by atoms with Crippen LogP contribution in [0.15, 0.2) is 18.3 Å². The van der Waals surface area contributed by atoms with Crippen LogP contribution >= 0.6 is 0 Å². The molecular formula is C16H23N5O. The summed E-state index contributed by atoms with van der Waals surface area (Å²) in [6.07, 6.45) is 4.94. The van der Waals surface area contributed by atoms with E-state index in [-0.39, 0.29) is 11.9 Å². The van der Waals surface area contributed by atoms with Crippen LogP contribution in [0.3, 0.4) is 0 Å². The van der Waals surface area contributed by atoms with Crippen LogP contribution in [0.2, 0.25) is 0 Å². The molecule has 6 heteroatoms. The Morgan fingerprint density at radius 3 is 2.82 bits per heavy atom. The standard InChI is InChI=1S/C16H23N5O/c1-12-10-13(2)21(18-12)11-14-6-4-5-9-20(14)16(22)15-7-8-17-19(15)3/h7-8,10,14H,4-6,9,11H2,1-3H3/t14-/m0/s1. The number of likely N-dealkylation sites (tertiary alicyclic amines) is 1. The van der Waals surface area contributed by atoms with E-state index in [1.807, 2.05) is 23.6 Å². The molecule has 3 rings (SSSR count). The third-order valence-corrected chi connectivity index (χ3v) is 4.42. The number of nitrogens with zero attached hydrogens (tertiary/aromatic N) is 5. The summed E-state index contributed by atoms with van der Waals surface area (Å²) in [5.41, 5.74) is 2.83. The number of piperidine rings is 1. The van der Waals surface area contributed by atoms with Gasteiger partial charge in [-0.15, -0.1) is 0 Å². The summed E-state index contributed by atoms with van der Waals surface area (Å²) >= 11 is 0. The maximum Gasteiger partial charge on any atom is 0.272 e. The van der Waals surface area contributed by atoms with Gasteiger partial charge in [0.1, 0.15) is 5.69 Å². The first-order valence-corrected chi connectivity index (χ1v) is 7.86. The van der Waals surface area contributed by atoms with E-state index in [1.165, 1.54) is 6.42 Å². The Kier molecular flexibility index (Phi) is 4.00. The van der Waals surface area contributed by atoms with E-state index in [9.17, 15) is 4.79 Å². The minimum atomic E-state index is 0.0752. The Bertz CT molecular complexity index is 672. The lowest BCUT2D eigenvalue weighted by Gasteiger charge is -2.35. The number of rotatable bonds is 3. The quantitative estimate of drug-likeness (QED) is 0.870. The van der Waals surface area contributed by atoms with E-state index < -0.39 is 0 Å². The summed E-state index contributed by atoms with van der Waals surface area (Å²) in [6.45, 7) is 5.65. The predicted octanol–water partition coefficient (Wildman–Crippen LogP) is 1.93. The van der Waals surface area contributed by atoms with Gasteiger partial charge in [-0.3, -0.25) is 14.2 Å². The van der Waals surface area contributed by atoms with E-state index in [0.717, 1.165) is 37.3 Å². The molecule has 1 aliphatic heterocycles. The summed E-state index contributed by atoms with van der Waals surface area (Å²) in [7, 11) is 1.81. The van der Waals surface area contributed by atoms with Gasteiger partial charge in [-0.2, -0.15) is 10.2 Å². The number of aryl methyl sites for hydroxylation is 3. The molecule has 1 atom stereocenters. The number of hydrogen-bond acceptors (Lipinski definition) is 3. The Morgan fingerprint density at radius 1 is 1.36 bits per heavy atom. The number of carbonyl (C=O) groups is 1. The predicted molar refractivity (Wildman–Crippen MR) is 83.6 cm³/mol. The lowest BCUT2D eigenvalue weighted by molar-refractivity contribution is 0.0571. The highest BCUT2D eigenvalue weighted by Gasteiger charge is 2.29. The third-order valence-electron chi connectivity index (χ3n) is 4.42. The molecule has 6 nitrogen and oxygen atoms in total. The van der Waals surface area contributed by atoms with Gasteiger partial charge in [-0.25, -0.2) is 0 Å². The van der Waals surface area contributed by atoms with Crippen molar-refractivity contribution in [2.45, 2.75) is 45.7 Å². The topological polar surface area (TPSA) is 56.0 Å². The molecule has 22 heavy (non-hydrogen) atoms. The average Bonchev–Trinajstić information content (AvgIpc) is 3.05. The molecule has 2 aromatic rings. The zero-order valence-electron chi connectivity index (χ0n) is 13.5. The van der Waals surface area contributed by atoms with Crippen molar-refractivity contribution in [2.75, 3.05) is 6.54 Å². The van der Waals surface area contributed by atoms with E-state index in [1.54, 1.807) is 16.9 Å². The van der Waals surface area contributed by atoms with E-state index in [2.05, 4.69) is 23.2 Å². The van der Waals surface area contributed by atoms with Crippen LogP contribution in [0.4, 0.5) is 0 Å². The second-order valence-electron chi connectivity index (χ2n) is 6.10. The highest BCUT2D eigenvalue weighted by atomic mass is 16.2. The van der Waals surface area contributed by atoms with Crippen molar-refractivity contribution in [3.8, 4) is 0 Å². The fourth-order valence-electron chi connectivity index (χ4n) is 3.25. The van der Waals surface area contributed by atoms with Gasteiger partial charge in [0.2, 0.25) is 0 Å². The normalized spacial score (nSPS) is 18.7. The van der Waals surface area contributed by atoms with Crippen molar-refractivity contribution in [2.24, 2.45) is 7.05 Å². The van der Waals surface area contributed by atoms with Gasteiger partial charge in [-0.05, 0) is 45.2 Å². The molecule has 0 aliphatic carbocycles. The van der Waals surface area contributed by atoms with E-state index in [4.69, 9.17) is 0 Å². The summed E-state index contributed by atoms with van der Waals surface area (Å²) in [4.78, 5) is 14.8. The monoisotopic (exact) mass is 301 g/mol. The summed E-state index contributed by atoms with van der Waals surface area (Å²) in [5, 5.41) is 8.65. The van der Waals surface area contributed by atoms with Crippen LogP contribution in [0.1, 0.15) is 41.1 Å². The van der Waals surface area contributed by atoms with Crippen LogP contribution in [-0.2, 0) is 13.6 Å². The number of hydrogen-bond donors (Lipinski definition) is 0. The molecule has 0 unspecified atom stereocenters. The Morgan fingerprint density at radius 2 is 2.18 bits per heavy atom. The zero-order valence-corrected chi connectivity index (χ0v) is 13.5. The van der Waals surface area contributed by atoms with Crippen molar-refractivity contribution >= 4 is 5.91 Å². The lowest BCUT2D eigenvalue weighted by atomic mass is 10.0. The van der Waals surface area contributed by atoms with Crippen LogP contribution in [0, 0.1) is 13.8 Å². The zero-order chi connectivity index (χ0) is 15.7. The second-order valence-corrected chi connectivity index (χ2v) is 6.10. The molecule has 0 radical (unpaired) electrons. The Labute approximate surface area is 130 Å². The number of carbonyl (C=O) groups excluding carboxylic acids is 1. The molecule has 0 saturated carbocycles. The molecule has 3 heterocycles. The first kappa shape index (κ1) is 14.8. The molecule has 0 aromatic carbocycles. The van der Waals surface area contributed by atoms with Gasteiger partial charge in [0.25, 0.3) is 5.91 Å². The van der Waals surface area contributed by atoms with E-state index in [0.29, 0.717) is 5.69 Å². The van der Waals surface area contributed by atoms with Crippen molar-refractivity contribution in [1.29, 1.82) is 0 Å². The van der Waals surface area contributed by atoms with Gasteiger partial charge in [0.05, 0.1) is 18.3 Å². The van der Waals surface area contributed by atoms with Crippen molar-refractivity contribution in [3.05, 3.63) is 35.4 Å². The van der Waals surface area contributed by atoms with Crippen molar-refractivity contribution in [1.82, 2.24) is 24.5 Å². The largest absolute Gasteiger partial charge is 0.332 e. The van der Waals surface area contributed by atoms with Crippen LogP contribution < -0.4 is 0 Å². The molecular weight excluding hydrogens is 278 g/mol. The second kappa shape index (κ2) is 5.94. The minimum Gasteiger partial charge on any atom is -0.332 e. The lowest BCUT2D eigenvalue weighted by Crippen LogP contribution is -2.46. The highest BCUT2D eigenvalue weighted by molar-refractivity contribution is 5.92. The molecule has 2 aromatic heterocycles. The van der Waals surface area contributed by atoms with Crippen LogP contribution in [0.5, 0.6) is 0 Å². The molecule has 0 spiro atoms. The van der Waals surface area contributed by atoms with Gasteiger partial charge in [-0.1, -0.05) is 0 Å². The van der Waals surface area contributed by atoms with E-state index >= 15 is 0 Å². The van der Waals surface area contributed by atoms with Crippen LogP contribution in [0.25, 0.3) is 0 Å². The highest BCUT2D eigenvalue weighted by Crippen LogP contribution is 2.21. The summed E-state index contributed by atoms with van der Waals surface area (Å²) in [5.74, 6) is 0.0752. The third kappa shape index (κ3) is 2.77. The maximum atomic E-state index is 12.8. The Balaban J connectivity index is 1.81. The molecule has 1 amide bonds. The van der Waals surface area contributed by atoms with Crippen LogP contribution in [-0.4, -0.2) is 43.0 Å². The summed E-state index contributed by atoms with van der Waals surface area (Å²) < 4.78 is 3.67. The molecule has 0 N–H and O–H groups in total. The first-order valence-electron chi connectivity index (χ1n) is 7.86. The Hall–Kier alpha value is -2.11. The first-order chi connectivity index (χ1) is 10.6. The van der Waals surface area contributed by atoms with Gasteiger partial charge in [0, 0.05) is 25.5 Å². The van der Waals surface area contributed by atoms with Gasteiger partial charge < -0.3 is 4.90 Å². The minimum absolute atomic E-state index is 0.0752. The molecule has 1 saturated heterocycles. The van der Waals surface area contributed by atoms with Gasteiger partial charge >= 0.3 is 0 Å². The number of aromatic nitrogens is 4. The van der Waals surface area contributed by atoms with Crippen molar-refractivity contribution < 1.29 is 4.79 Å². The fraction of sp³-hybridized carbons (Fsp3) is 0.562. The maximum absolute atomic E-state index is 12.8. The fourth-order valence-corrected chi connectivity index (χ4v) is 3.25. The molecule has 118 valence electrons. The van der Waals surface area contributed by atoms with Crippen molar-refractivity contribution in [3.63, 3.8) is 0 Å². The number of amides is 1. The smallest absolute Gasteiger partial charge is 0.272 e. The molecule has 0 bridgehead atoms. The molecule has 1 aliphatic rings. The summed E-state index contributed by atoms with van der Waals surface area (Å²) in [6, 6.07) is 4.07. The van der Waals surface area contributed by atoms with Gasteiger partial charge in [0.15, 0.2) is 0 Å². The molecule has 1 fully saturated rings. The average molecular weight is 301 g/mol.